The van der Waals surface area contributed by atoms with Crippen LogP contribution in [0.15, 0.2) is 34.0 Å². The summed E-state index contributed by atoms with van der Waals surface area (Å²) in [6.45, 7) is 8.86. The summed E-state index contributed by atoms with van der Waals surface area (Å²) in [5.74, 6) is 0.810. The Morgan fingerprint density at radius 2 is 1.89 bits per heavy atom. The van der Waals surface area contributed by atoms with Crippen molar-refractivity contribution >= 4 is 0 Å². The van der Waals surface area contributed by atoms with Crippen LogP contribution in [-0.4, -0.2) is 9.97 Å². The van der Waals surface area contributed by atoms with Crippen LogP contribution in [0.1, 0.15) is 52.1 Å². The Morgan fingerprint density at radius 1 is 1.11 bits per heavy atom. The second-order valence-corrected chi connectivity index (χ2v) is 6.54. The van der Waals surface area contributed by atoms with E-state index >= 15 is 0 Å². The molecule has 0 N–H and O–H groups in total. The molecule has 2 aromatic heterocycles. The van der Waals surface area contributed by atoms with Gasteiger partial charge in [-0.15, -0.1) is 0 Å². The van der Waals surface area contributed by atoms with Crippen molar-refractivity contribution in [3.8, 4) is 0 Å². The van der Waals surface area contributed by atoms with E-state index < -0.39 is 0 Å². The molecule has 104 valence electrons. The minimum atomic E-state index is -0.0371. The number of oxazole rings is 2. The van der Waals surface area contributed by atoms with Gasteiger partial charge in [-0.05, 0) is 24.7 Å². The second-order valence-electron chi connectivity index (χ2n) is 6.54. The van der Waals surface area contributed by atoms with E-state index in [0.29, 0.717) is 0 Å². The maximum atomic E-state index is 5.43. The second kappa shape index (κ2) is 5.19. The fourth-order valence-corrected chi connectivity index (χ4v) is 2.22. The van der Waals surface area contributed by atoms with Gasteiger partial charge in [-0.3, -0.25) is 0 Å². The monoisotopic (exact) mass is 262 g/mol. The molecule has 4 heteroatoms. The average Bonchev–Trinajstić information content (AvgIpc) is 2.98. The van der Waals surface area contributed by atoms with Crippen LogP contribution < -0.4 is 0 Å². The maximum Gasteiger partial charge on any atom is 0.199 e. The molecule has 0 unspecified atom stereocenters. The third-order valence-electron chi connectivity index (χ3n) is 3.58. The van der Waals surface area contributed by atoms with Gasteiger partial charge in [-0.25, -0.2) is 9.97 Å². The molecule has 0 fully saturated rings. The topological polar surface area (TPSA) is 52.1 Å². The zero-order chi connectivity index (χ0) is 13.9. The summed E-state index contributed by atoms with van der Waals surface area (Å²) in [5.41, 5.74) is 1.16. The Hall–Kier alpha value is -1.58. The predicted octanol–water partition coefficient (Wildman–Crippen LogP) is 3.99. The van der Waals surface area contributed by atoms with Gasteiger partial charge in [0.15, 0.2) is 12.3 Å². The van der Waals surface area contributed by atoms with Gasteiger partial charge < -0.3 is 8.83 Å². The fourth-order valence-electron chi connectivity index (χ4n) is 2.22. The van der Waals surface area contributed by atoms with Crippen LogP contribution in [0.2, 0.25) is 0 Å². The standard InChI is InChI=1S/C15H22N2O2/c1-14(2,9-12-10-18-11-17-12)5-6-15(3,4)13-16-7-8-19-13/h7-8,10-11H,5-6,9H2,1-4H3. The SMILES string of the molecule is CC(C)(CCC(C)(C)c1ncco1)Cc1cocn1. The predicted molar refractivity (Wildman–Crippen MR) is 72.8 cm³/mol. The minimum absolute atomic E-state index is 0.0371. The van der Waals surface area contributed by atoms with Crippen LogP contribution >= 0.6 is 0 Å². The van der Waals surface area contributed by atoms with E-state index in [1.807, 2.05) is 0 Å². The first-order chi connectivity index (χ1) is 8.89. The molecule has 0 saturated heterocycles. The fraction of sp³-hybridized carbons (Fsp3) is 0.600. The normalized spacial score (nSPS) is 12.8. The first-order valence-electron chi connectivity index (χ1n) is 6.66. The number of rotatable bonds is 6. The highest BCUT2D eigenvalue weighted by Crippen LogP contribution is 2.34. The summed E-state index contributed by atoms with van der Waals surface area (Å²) >= 11 is 0. The van der Waals surface area contributed by atoms with Crippen LogP contribution in [0, 0.1) is 5.41 Å². The van der Waals surface area contributed by atoms with Gasteiger partial charge in [0.05, 0.1) is 11.9 Å². The molecule has 2 rings (SSSR count). The Labute approximate surface area is 114 Å². The zero-order valence-electron chi connectivity index (χ0n) is 12.1. The molecule has 0 saturated carbocycles. The molecule has 0 radical (unpaired) electrons. The van der Waals surface area contributed by atoms with Crippen molar-refractivity contribution in [2.24, 2.45) is 5.41 Å². The van der Waals surface area contributed by atoms with Crippen LogP contribution in [-0.2, 0) is 11.8 Å². The lowest BCUT2D eigenvalue weighted by atomic mass is 9.77. The maximum absolute atomic E-state index is 5.43. The summed E-state index contributed by atoms with van der Waals surface area (Å²) in [7, 11) is 0. The van der Waals surface area contributed by atoms with Crippen LogP contribution in [0.5, 0.6) is 0 Å². The summed E-state index contributed by atoms with van der Waals surface area (Å²) in [6, 6.07) is 0. The Balaban J connectivity index is 1.94. The largest absolute Gasteiger partial charge is 0.451 e. The average molecular weight is 262 g/mol. The van der Waals surface area contributed by atoms with E-state index in [-0.39, 0.29) is 10.8 Å². The molecule has 0 aliphatic rings. The lowest BCUT2D eigenvalue weighted by molar-refractivity contribution is 0.258. The minimum Gasteiger partial charge on any atom is -0.451 e. The van der Waals surface area contributed by atoms with Gasteiger partial charge >= 0.3 is 0 Å². The number of nitrogens with zero attached hydrogens (tertiary/aromatic N) is 2. The summed E-state index contributed by atoms with van der Waals surface area (Å²) in [6.07, 6.45) is 9.58. The van der Waals surface area contributed by atoms with Crippen molar-refractivity contribution < 1.29 is 8.83 Å². The van der Waals surface area contributed by atoms with E-state index in [4.69, 9.17) is 8.83 Å². The number of hydrogen-bond acceptors (Lipinski definition) is 4. The molecule has 2 aromatic rings. The van der Waals surface area contributed by atoms with Gasteiger partial charge in [-0.1, -0.05) is 27.7 Å². The molecule has 0 atom stereocenters. The third kappa shape index (κ3) is 3.69. The van der Waals surface area contributed by atoms with Gasteiger partial charge in [0.1, 0.15) is 12.5 Å². The van der Waals surface area contributed by atoms with Crippen molar-refractivity contribution in [1.82, 2.24) is 9.97 Å². The van der Waals surface area contributed by atoms with Crippen LogP contribution in [0.4, 0.5) is 0 Å². The van der Waals surface area contributed by atoms with Crippen molar-refractivity contribution in [2.45, 2.75) is 52.4 Å². The van der Waals surface area contributed by atoms with E-state index in [1.165, 1.54) is 6.39 Å². The smallest absolute Gasteiger partial charge is 0.199 e. The Kier molecular flexibility index (Phi) is 3.78. The van der Waals surface area contributed by atoms with Crippen molar-refractivity contribution in [2.75, 3.05) is 0 Å². The molecular weight excluding hydrogens is 240 g/mol. The summed E-state index contributed by atoms with van der Waals surface area (Å²) in [5, 5.41) is 0. The lowest BCUT2D eigenvalue weighted by Crippen LogP contribution is -2.23. The molecule has 4 nitrogen and oxygen atoms in total. The van der Waals surface area contributed by atoms with Crippen molar-refractivity contribution in [1.29, 1.82) is 0 Å². The molecule has 0 aromatic carbocycles. The van der Waals surface area contributed by atoms with Gasteiger partial charge in [-0.2, -0.15) is 0 Å². The van der Waals surface area contributed by atoms with Crippen molar-refractivity contribution in [3.05, 3.63) is 36.7 Å². The molecule has 0 bridgehead atoms. The van der Waals surface area contributed by atoms with Crippen LogP contribution in [0.25, 0.3) is 0 Å². The van der Waals surface area contributed by atoms with Gasteiger partial charge in [0.25, 0.3) is 0 Å². The zero-order valence-corrected chi connectivity index (χ0v) is 12.1. The molecule has 19 heavy (non-hydrogen) atoms. The molecule has 0 aliphatic heterocycles. The quantitative estimate of drug-likeness (QED) is 0.789. The number of aromatic nitrogens is 2. The van der Waals surface area contributed by atoms with E-state index in [0.717, 1.165) is 30.8 Å². The Bertz CT molecular complexity index is 484. The molecular formula is C15H22N2O2. The first kappa shape index (κ1) is 13.8. The highest BCUT2D eigenvalue weighted by atomic mass is 16.3. The Morgan fingerprint density at radius 3 is 2.47 bits per heavy atom. The lowest BCUT2D eigenvalue weighted by Gasteiger charge is -2.28. The molecule has 0 spiro atoms. The molecule has 0 amide bonds. The highest BCUT2D eigenvalue weighted by molar-refractivity contribution is 5.01. The van der Waals surface area contributed by atoms with Crippen LogP contribution in [0.3, 0.4) is 0 Å². The molecule has 0 aliphatic carbocycles. The van der Waals surface area contributed by atoms with E-state index in [1.54, 1.807) is 18.7 Å². The van der Waals surface area contributed by atoms with Gasteiger partial charge in [0, 0.05) is 5.41 Å². The van der Waals surface area contributed by atoms with E-state index in [9.17, 15) is 0 Å². The first-order valence-corrected chi connectivity index (χ1v) is 6.66. The third-order valence-corrected chi connectivity index (χ3v) is 3.58. The molecule has 2 heterocycles. The van der Waals surface area contributed by atoms with E-state index in [2.05, 4.69) is 37.7 Å². The summed E-state index contributed by atoms with van der Waals surface area (Å²) < 4.78 is 10.5. The number of hydrogen-bond donors (Lipinski definition) is 0. The van der Waals surface area contributed by atoms with Gasteiger partial charge in [0.2, 0.25) is 0 Å². The highest BCUT2D eigenvalue weighted by Gasteiger charge is 2.29. The van der Waals surface area contributed by atoms with Crippen molar-refractivity contribution in [3.63, 3.8) is 0 Å². The summed E-state index contributed by atoms with van der Waals surface area (Å²) in [4.78, 5) is 8.47.